The van der Waals surface area contributed by atoms with E-state index < -0.39 is 5.97 Å². The van der Waals surface area contributed by atoms with E-state index in [1.165, 1.54) is 0 Å². The number of rotatable bonds is 4. The van der Waals surface area contributed by atoms with Crippen LogP contribution in [0.1, 0.15) is 23.2 Å². The lowest BCUT2D eigenvalue weighted by molar-refractivity contribution is 0.0664. The Morgan fingerprint density at radius 1 is 1.40 bits per heavy atom. The molecule has 104 valence electrons. The highest BCUT2D eigenvalue weighted by Gasteiger charge is 2.16. The summed E-state index contributed by atoms with van der Waals surface area (Å²) < 4.78 is 11.1. The zero-order chi connectivity index (χ0) is 13.9. The van der Waals surface area contributed by atoms with Crippen LogP contribution in [0.4, 0.5) is 0 Å². The van der Waals surface area contributed by atoms with Gasteiger partial charge in [0.2, 0.25) is 5.88 Å². The lowest BCUT2D eigenvalue weighted by atomic mass is 10.1. The second-order valence-electron chi connectivity index (χ2n) is 4.77. The van der Waals surface area contributed by atoms with Crippen molar-refractivity contribution in [2.24, 2.45) is 0 Å². The van der Waals surface area contributed by atoms with E-state index in [1.807, 2.05) is 0 Å². The lowest BCUT2D eigenvalue weighted by Gasteiger charge is -2.11. The summed E-state index contributed by atoms with van der Waals surface area (Å²) in [6.45, 7) is 1.28. The van der Waals surface area contributed by atoms with Crippen molar-refractivity contribution in [3.63, 3.8) is 0 Å². The van der Waals surface area contributed by atoms with Gasteiger partial charge in [0.05, 0.1) is 17.2 Å². The molecule has 1 aromatic heterocycles. The molecule has 1 atom stereocenters. The monoisotopic (exact) mass is 273 g/mol. The standard InChI is InChI=1S/C15H15NO4/c17-15(18)12-4-1-5-13-11(12)6-7-14(16-13)20-9-10-3-2-8-19-10/h1,4-7,10H,2-3,8-9H2,(H,17,18). The molecule has 0 bridgehead atoms. The van der Waals surface area contributed by atoms with Crippen molar-refractivity contribution in [2.45, 2.75) is 18.9 Å². The van der Waals surface area contributed by atoms with Crippen molar-refractivity contribution < 1.29 is 19.4 Å². The van der Waals surface area contributed by atoms with Crippen LogP contribution in [0.25, 0.3) is 10.9 Å². The molecule has 0 spiro atoms. The molecule has 1 unspecified atom stereocenters. The highest BCUT2D eigenvalue weighted by Crippen LogP contribution is 2.21. The normalized spacial score (nSPS) is 18.3. The van der Waals surface area contributed by atoms with Crippen LogP contribution in [0.5, 0.6) is 5.88 Å². The van der Waals surface area contributed by atoms with Crippen molar-refractivity contribution in [1.82, 2.24) is 4.98 Å². The average Bonchev–Trinajstić information content (AvgIpc) is 2.97. The van der Waals surface area contributed by atoms with E-state index in [4.69, 9.17) is 14.6 Å². The van der Waals surface area contributed by atoms with Crippen molar-refractivity contribution >= 4 is 16.9 Å². The number of hydrogen-bond acceptors (Lipinski definition) is 4. The van der Waals surface area contributed by atoms with E-state index in [0.717, 1.165) is 19.4 Å². The lowest BCUT2D eigenvalue weighted by Crippen LogP contribution is -2.16. The van der Waals surface area contributed by atoms with Crippen molar-refractivity contribution in [2.75, 3.05) is 13.2 Å². The van der Waals surface area contributed by atoms with Gasteiger partial charge in [0, 0.05) is 18.1 Å². The quantitative estimate of drug-likeness (QED) is 0.926. The van der Waals surface area contributed by atoms with E-state index in [-0.39, 0.29) is 11.7 Å². The first kappa shape index (κ1) is 12.9. The Hall–Kier alpha value is -2.14. The topological polar surface area (TPSA) is 68.7 Å². The van der Waals surface area contributed by atoms with Gasteiger partial charge in [-0.1, -0.05) is 6.07 Å². The van der Waals surface area contributed by atoms with Gasteiger partial charge in [0.15, 0.2) is 0 Å². The number of ether oxygens (including phenoxy) is 2. The molecular weight excluding hydrogens is 258 g/mol. The SMILES string of the molecule is O=C(O)c1cccc2nc(OCC3CCCO3)ccc12. The van der Waals surface area contributed by atoms with Crippen molar-refractivity contribution in [3.8, 4) is 5.88 Å². The molecule has 1 aliphatic rings. The van der Waals surface area contributed by atoms with Gasteiger partial charge >= 0.3 is 5.97 Å². The van der Waals surface area contributed by atoms with Crippen LogP contribution in [0.2, 0.25) is 0 Å². The summed E-state index contributed by atoms with van der Waals surface area (Å²) in [4.78, 5) is 15.5. The number of carbonyl (C=O) groups is 1. The molecule has 0 amide bonds. The Morgan fingerprint density at radius 2 is 2.30 bits per heavy atom. The maximum Gasteiger partial charge on any atom is 0.336 e. The number of benzene rings is 1. The Kier molecular flexibility index (Phi) is 3.52. The highest BCUT2D eigenvalue weighted by molar-refractivity contribution is 6.02. The van der Waals surface area contributed by atoms with Crippen LogP contribution < -0.4 is 4.74 Å². The third-order valence-electron chi connectivity index (χ3n) is 3.38. The van der Waals surface area contributed by atoms with Crippen LogP contribution in [-0.4, -0.2) is 35.4 Å². The largest absolute Gasteiger partial charge is 0.478 e. The second kappa shape index (κ2) is 5.46. The average molecular weight is 273 g/mol. The number of nitrogens with zero attached hydrogens (tertiary/aromatic N) is 1. The Labute approximate surface area is 116 Å². The zero-order valence-electron chi connectivity index (χ0n) is 10.9. The van der Waals surface area contributed by atoms with Gasteiger partial charge in [0.25, 0.3) is 0 Å². The maximum absolute atomic E-state index is 11.1. The zero-order valence-corrected chi connectivity index (χ0v) is 10.9. The molecule has 1 N–H and O–H groups in total. The molecule has 0 saturated carbocycles. The Bertz CT molecular complexity index is 635. The van der Waals surface area contributed by atoms with Crippen LogP contribution in [-0.2, 0) is 4.74 Å². The number of aromatic nitrogens is 1. The van der Waals surface area contributed by atoms with Crippen molar-refractivity contribution in [3.05, 3.63) is 35.9 Å². The van der Waals surface area contributed by atoms with Gasteiger partial charge in [-0.05, 0) is 31.0 Å². The van der Waals surface area contributed by atoms with E-state index in [1.54, 1.807) is 30.3 Å². The van der Waals surface area contributed by atoms with E-state index in [0.29, 0.717) is 23.4 Å². The van der Waals surface area contributed by atoms with Gasteiger partial charge in [-0.2, -0.15) is 0 Å². The molecule has 1 fully saturated rings. The first-order valence-corrected chi connectivity index (χ1v) is 6.61. The molecule has 20 heavy (non-hydrogen) atoms. The summed E-state index contributed by atoms with van der Waals surface area (Å²) in [5, 5.41) is 9.74. The summed E-state index contributed by atoms with van der Waals surface area (Å²) in [5.74, 6) is -0.457. The van der Waals surface area contributed by atoms with E-state index in [2.05, 4.69) is 4.98 Å². The van der Waals surface area contributed by atoms with Gasteiger partial charge in [0.1, 0.15) is 6.61 Å². The third-order valence-corrected chi connectivity index (χ3v) is 3.38. The predicted octanol–water partition coefficient (Wildman–Crippen LogP) is 2.49. The second-order valence-corrected chi connectivity index (χ2v) is 4.77. The molecule has 5 heteroatoms. The third kappa shape index (κ3) is 2.58. The minimum absolute atomic E-state index is 0.137. The minimum atomic E-state index is -0.953. The molecule has 2 heterocycles. The molecule has 0 aliphatic carbocycles. The number of carboxylic acid groups (broad SMARTS) is 1. The number of carboxylic acids is 1. The number of hydrogen-bond donors (Lipinski definition) is 1. The first-order chi connectivity index (χ1) is 9.74. The fourth-order valence-electron chi connectivity index (χ4n) is 2.36. The summed E-state index contributed by atoms with van der Waals surface area (Å²) in [5.41, 5.74) is 0.871. The summed E-state index contributed by atoms with van der Waals surface area (Å²) >= 11 is 0. The highest BCUT2D eigenvalue weighted by atomic mass is 16.5. The molecule has 1 aromatic carbocycles. The number of fused-ring (bicyclic) bond motifs is 1. The van der Waals surface area contributed by atoms with E-state index in [9.17, 15) is 4.79 Å². The smallest absolute Gasteiger partial charge is 0.336 e. The van der Waals surface area contributed by atoms with Crippen LogP contribution in [0.15, 0.2) is 30.3 Å². The molecule has 1 saturated heterocycles. The Balaban J connectivity index is 1.81. The predicted molar refractivity (Wildman–Crippen MR) is 73.2 cm³/mol. The van der Waals surface area contributed by atoms with Crippen LogP contribution in [0.3, 0.4) is 0 Å². The van der Waals surface area contributed by atoms with E-state index >= 15 is 0 Å². The fraction of sp³-hybridized carbons (Fsp3) is 0.333. The molecule has 2 aromatic rings. The summed E-state index contributed by atoms with van der Waals surface area (Å²) in [7, 11) is 0. The molecular formula is C15H15NO4. The summed E-state index contributed by atoms with van der Waals surface area (Å²) in [6, 6.07) is 8.46. The van der Waals surface area contributed by atoms with Gasteiger partial charge < -0.3 is 14.6 Å². The van der Waals surface area contributed by atoms with Crippen LogP contribution >= 0.6 is 0 Å². The Morgan fingerprint density at radius 3 is 3.05 bits per heavy atom. The molecule has 1 aliphatic heterocycles. The van der Waals surface area contributed by atoms with Gasteiger partial charge in [-0.25, -0.2) is 9.78 Å². The first-order valence-electron chi connectivity index (χ1n) is 6.61. The fourth-order valence-corrected chi connectivity index (χ4v) is 2.36. The number of pyridine rings is 1. The maximum atomic E-state index is 11.1. The summed E-state index contributed by atoms with van der Waals surface area (Å²) in [6.07, 6.45) is 2.22. The van der Waals surface area contributed by atoms with Gasteiger partial charge in [-0.15, -0.1) is 0 Å². The van der Waals surface area contributed by atoms with Gasteiger partial charge in [-0.3, -0.25) is 0 Å². The molecule has 5 nitrogen and oxygen atoms in total. The molecule has 0 radical (unpaired) electrons. The molecule has 3 rings (SSSR count). The van der Waals surface area contributed by atoms with Crippen LogP contribution in [0, 0.1) is 0 Å². The number of aromatic carboxylic acids is 1. The van der Waals surface area contributed by atoms with Crippen molar-refractivity contribution in [1.29, 1.82) is 0 Å². The minimum Gasteiger partial charge on any atom is -0.478 e.